The summed E-state index contributed by atoms with van der Waals surface area (Å²) in [7, 11) is 0. The molecule has 8 heteroatoms. The molecular weight excluding hydrogens is 332 g/mol. The molecule has 0 spiro atoms. The number of morpholine rings is 1. The van der Waals surface area contributed by atoms with Crippen LogP contribution >= 0.6 is 11.8 Å². The second-order valence-electron chi connectivity index (χ2n) is 5.59. The molecule has 2 amide bonds. The van der Waals surface area contributed by atoms with E-state index in [9.17, 15) is 9.59 Å². The third kappa shape index (κ3) is 3.00. The molecule has 3 heterocycles. The molecule has 0 atom stereocenters. The number of rotatable bonds is 3. The van der Waals surface area contributed by atoms with Crippen molar-refractivity contribution in [2.24, 2.45) is 0 Å². The summed E-state index contributed by atoms with van der Waals surface area (Å²) in [6, 6.07) is 5.44. The lowest BCUT2D eigenvalue weighted by molar-refractivity contribution is -0.125. The third-order valence-electron chi connectivity index (χ3n) is 4.01. The number of ether oxygens (including phenoxy) is 3. The van der Waals surface area contributed by atoms with E-state index in [4.69, 9.17) is 14.2 Å². The van der Waals surface area contributed by atoms with Gasteiger partial charge in [0.15, 0.2) is 11.5 Å². The van der Waals surface area contributed by atoms with Crippen molar-refractivity contribution in [3.8, 4) is 11.5 Å². The van der Waals surface area contributed by atoms with Gasteiger partial charge in [-0.1, -0.05) is 6.07 Å². The predicted molar refractivity (Wildman–Crippen MR) is 87.6 cm³/mol. The van der Waals surface area contributed by atoms with Crippen molar-refractivity contribution in [3.63, 3.8) is 0 Å². The van der Waals surface area contributed by atoms with E-state index in [-0.39, 0.29) is 17.9 Å². The molecule has 0 unspecified atom stereocenters. The van der Waals surface area contributed by atoms with E-state index in [1.54, 1.807) is 18.2 Å². The average molecular weight is 348 g/mol. The number of hydrogen-bond acceptors (Lipinski definition) is 7. The van der Waals surface area contributed by atoms with Crippen LogP contribution in [0.1, 0.15) is 5.56 Å². The van der Waals surface area contributed by atoms with Gasteiger partial charge in [-0.3, -0.25) is 19.4 Å². The molecule has 2 saturated heterocycles. The van der Waals surface area contributed by atoms with Crippen molar-refractivity contribution >= 4 is 29.0 Å². The molecule has 2 fully saturated rings. The lowest BCUT2D eigenvalue weighted by Gasteiger charge is -2.29. The SMILES string of the molecule is O=C1S/C(=C\c2ccc3c(c2)OCO3)C(=O)N1CN1CCOCC1. The summed E-state index contributed by atoms with van der Waals surface area (Å²) in [6.07, 6.45) is 1.71. The van der Waals surface area contributed by atoms with E-state index in [0.717, 1.165) is 30.4 Å². The molecule has 1 aromatic rings. The smallest absolute Gasteiger partial charge is 0.294 e. The molecule has 0 bridgehead atoms. The number of fused-ring (bicyclic) bond motifs is 1. The molecule has 24 heavy (non-hydrogen) atoms. The fourth-order valence-electron chi connectivity index (χ4n) is 2.72. The van der Waals surface area contributed by atoms with Crippen molar-refractivity contribution in [1.29, 1.82) is 0 Å². The van der Waals surface area contributed by atoms with Crippen molar-refractivity contribution < 1.29 is 23.8 Å². The zero-order valence-electron chi connectivity index (χ0n) is 12.9. The molecule has 0 saturated carbocycles. The second-order valence-corrected chi connectivity index (χ2v) is 6.59. The molecule has 0 aromatic heterocycles. The first kappa shape index (κ1) is 15.5. The van der Waals surface area contributed by atoms with Crippen molar-refractivity contribution in [2.75, 3.05) is 39.8 Å². The number of amides is 2. The highest BCUT2D eigenvalue weighted by Crippen LogP contribution is 2.36. The second kappa shape index (κ2) is 6.46. The number of carbonyl (C=O) groups is 2. The summed E-state index contributed by atoms with van der Waals surface area (Å²) in [4.78, 5) is 28.5. The highest BCUT2D eigenvalue weighted by atomic mass is 32.2. The minimum absolute atomic E-state index is 0.203. The Bertz CT molecular complexity index is 714. The van der Waals surface area contributed by atoms with Crippen molar-refractivity contribution in [1.82, 2.24) is 9.80 Å². The van der Waals surface area contributed by atoms with Gasteiger partial charge in [-0.2, -0.15) is 0 Å². The minimum Gasteiger partial charge on any atom is -0.454 e. The van der Waals surface area contributed by atoms with E-state index in [2.05, 4.69) is 0 Å². The van der Waals surface area contributed by atoms with Gasteiger partial charge in [-0.15, -0.1) is 0 Å². The Labute approximate surface area is 143 Å². The van der Waals surface area contributed by atoms with E-state index >= 15 is 0 Å². The summed E-state index contributed by atoms with van der Waals surface area (Å²) in [6.45, 7) is 3.22. The Balaban J connectivity index is 1.50. The van der Waals surface area contributed by atoms with Gasteiger partial charge in [0.2, 0.25) is 6.79 Å². The summed E-state index contributed by atoms with van der Waals surface area (Å²) in [5, 5.41) is -0.238. The molecule has 4 rings (SSSR count). The highest BCUT2D eigenvalue weighted by Gasteiger charge is 2.36. The number of carbonyl (C=O) groups excluding carboxylic acids is 2. The van der Waals surface area contributed by atoms with Crippen LogP contribution in [0.3, 0.4) is 0 Å². The van der Waals surface area contributed by atoms with Crippen LogP contribution in [0.4, 0.5) is 4.79 Å². The van der Waals surface area contributed by atoms with Crippen LogP contribution in [-0.4, -0.2) is 60.7 Å². The van der Waals surface area contributed by atoms with E-state index < -0.39 is 0 Å². The lowest BCUT2D eigenvalue weighted by Crippen LogP contribution is -2.45. The predicted octanol–water partition coefficient (Wildman–Crippen LogP) is 1.74. The standard InChI is InChI=1S/C16H16N2O5S/c19-15-14(8-11-1-2-12-13(7-11)23-10-22-12)24-16(20)18(15)9-17-3-5-21-6-4-17/h1-2,7-8H,3-6,9-10H2/b14-8-. The largest absolute Gasteiger partial charge is 0.454 e. The van der Waals surface area contributed by atoms with Crippen LogP contribution in [0.25, 0.3) is 6.08 Å². The quantitative estimate of drug-likeness (QED) is 0.771. The Hall–Kier alpha value is -2.03. The van der Waals surface area contributed by atoms with Crippen molar-refractivity contribution in [3.05, 3.63) is 28.7 Å². The van der Waals surface area contributed by atoms with Crippen LogP contribution in [0.15, 0.2) is 23.1 Å². The molecule has 1 aromatic carbocycles. The normalized spacial score (nSPS) is 22.7. The van der Waals surface area contributed by atoms with Crippen LogP contribution < -0.4 is 9.47 Å². The molecule has 0 aliphatic carbocycles. The Morgan fingerprint density at radius 1 is 1.12 bits per heavy atom. The van der Waals surface area contributed by atoms with E-state index in [1.165, 1.54) is 4.90 Å². The molecular formula is C16H16N2O5S. The topological polar surface area (TPSA) is 68.3 Å². The monoisotopic (exact) mass is 348 g/mol. The number of thioether (sulfide) groups is 1. The Morgan fingerprint density at radius 3 is 2.75 bits per heavy atom. The van der Waals surface area contributed by atoms with Gasteiger partial charge in [-0.25, -0.2) is 0 Å². The average Bonchev–Trinajstić information content (AvgIpc) is 3.16. The number of nitrogens with zero attached hydrogens (tertiary/aromatic N) is 2. The van der Waals surface area contributed by atoms with Gasteiger partial charge in [0.25, 0.3) is 11.1 Å². The van der Waals surface area contributed by atoms with Gasteiger partial charge in [-0.05, 0) is 35.5 Å². The van der Waals surface area contributed by atoms with Crippen LogP contribution in [-0.2, 0) is 9.53 Å². The number of benzene rings is 1. The lowest BCUT2D eigenvalue weighted by atomic mass is 10.2. The van der Waals surface area contributed by atoms with Gasteiger partial charge in [0, 0.05) is 13.1 Å². The fourth-order valence-corrected chi connectivity index (χ4v) is 3.55. The molecule has 0 radical (unpaired) electrons. The minimum atomic E-state index is -0.255. The maximum atomic E-state index is 12.5. The maximum Gasteiger partial charge on any atom is 0.294 e. The Kier molecular flexibility index (Phi) is 4.17. The summed E-state index contributed by atoms with van der Waals surface area (Å²) in [5.41, 5.74) is 0.802. The third-order valence-corrected chi connectivity index (χ3v) is 4.92. The first-order valence-electron chi connectivity index (χ1n) is 7.66. The van der Waals surface area contributed by atoms with Crippen LogP contribution in [0.5, 0.6) is 11.5 Å². The molecule has 126 valence electrons. The zero-order chi connectivity index (χ0) is 16.5. The summed E-state index contributed by atoms with van der Waals surface area (Å²) in [5.74, 6) is 1.08. The molecule has 0 N–H and O–H groups in total. The highest BCUT2D eigenvalue weighted by molar-refractivity contribution is 8.18. The number of imide groups is 1. The first-order chi connectivity index (χ1) is 11.7. The fraction of sp³-hybridized carbons (Fsp3) is 0.375. The first-order valence-corrected chi connectivity index (χ1v) is 8.47. The maximum absolute atomic E-state index is 12.5. The molecule has 3 aliphatic heterocycles. The van der Waals surface area contributed by atoms with E-state index in [0.29, 0.717) is 36.3 Å². The molecule has 3 aliphatic rings. The number of hydrogen-bond donors (Lipinski definition) is 0. The molecule has 7 nitrogen and oxygen atoms in total. The van der Waals surface area contributed by atoms with Crippen LogP contribution in [0, 0.1) is 0 Å². The van der Waals surface area contributed by atoms with Gasteiger partial charge < -0.3 is 14.2 Å². The zero-order valence-corrected chi connectivity index (χ0v) is 13.7. The van der Waals surface area contributed by atoms with Gasteiger partial charge in [0.05, 0.1) is 24.8 Å². The van der Waals surface area contributed by atoms with Crippen LogP contribution in [0.2, 0.25) is 0 Å². The Morgan fingerprint density at radius 2 is 1.92 bits per heavy atom. The van der Waals surface area contributed by atoms with E-state index in [1.807, 2.05) is 11.0 Å². The van der Waals surface area contributed by atoms with Crippen molar-refractivity contribution in [2.45, 2.75) is 0 Å². The van der Waals surface area contributed by atoms with Gasteiger partial charge >= 0.3 is 0 Å². The summed E-state index contributed by atoms with van der Waals surface area (Å²) < 4.78 is 15.9. The summed E-state index contributed by atoms with van der Waals surface area (Å²) >= 11 is 0.967. The van der Waals surface area contributed by atoms with Gasteiger partial charge in [0.1, 0.15) is 0 Å².